The maximum Gasteiger partial charge on any atom is 0.135 e. The van der Waals surface area contributed by atoms with Crippen LogP contribution in [0.15, 0.2) is 101 Å². The van der Waals surface area contributed by atoms with E-state index in [0.717, 1.165) is 60.6 Å². The number of furan rings is 1. The Hall–Kier alpha value is -5.83. The molecule has 2 heterocycles. The summed E-state index contributed by atoms with van der Waals surface area (Å²) in [7, 11) is 0. The molecule has 5 heteroatoms. The SMILES string of the molecule is N#Cc1ccc2c(c1)c1cc(C#N)ccc1n2-c1cccc(-c2ccc3oc4ccccc4c3c2)c1C#N. The quantitative estimate of drug-likeness (QED) is 0.249. The molecular weight excluding hydrogens is 468 g/mol. The van der Waals surface area contributed by atoms with Gasteiger partial charge >= 0.3 is 0 Å². The summed E-state index contributed by atoms with van der Waals surface area (Å²) in [4.78, 5) is 0. The first-order valence-corrected chi connectivity index (χ1v) is 12.0. The minimum atomic E-state index is 0.534. The molecule has 0 atom stereocenters. The van der Waals surface area contributed by atoms with Crippen molar-refractivity contribution in [1.82, 2.24) is 4.57 Å². The Labute approximate surface area is 217 Å². The zero-order valence-corrected chi connectivity index (χ0v) is 19.9. The minimum Gasteiger partial charge on any atom is -0.456 e. The van der Waals surface area contributed by atoms with Crippen LogP contribution in [0.4, 0.5) is 0 Å². The molecule has 0 amide bonds. The van der Waals surface area contributed by atoms with Gasteiger partial charge in [0.1, 0.15) is 17.2 Å². The average molecular weight is 485 g/mol. The molecule has 2 aromatic heterocycles. The second-order valence-corrected chi connectivity index (χ2v) is 9.14. The number of hydrogen-bond donors (Lipinski definition) is 0. The molecule has 0 aliphatic carbocycles. The largest absolute Gasteiger partial charge is 0.456 e. The number of para-hydroxylation sites is 1. The number of nitriles is 3. The van der Waals surface area contributed by atoms with E-state index in [9.17, 15) is 15.8 Å². The maximum atomic E-state index is 10.4. The maximum absolute atomic E-state index is 10.4. The van der Waals surface area contributed by atoms with E-state index in [2.05, 4.69) is 24.3 Å². The lowest BCUT2D eigenvalue weighted by Gasteiger charge is -2.13. The van der Waals surface area contributed by atoms with E-state index < -0.39 is 0 Å². The van der Waals surface area contributed by atoms with Crippen LogP contribution in [-0.4, -0.2) is 4.57 Å². The van der Waals surface area contributed by atoms with Crippen molar-refractivity contribution in [2.45, 2.75) is 0 Å². The van der Waals surface area contributed by atoms with Crippen molar-refractivity contribution >= 4 is 43.7 Å². The first-order chi connectivity index (χ1) is 18.7. The van der Waals surface area contributed by atoms with Crippen molar-refractivity contribution in [3.05, 3.63) is 114 Å². The van der Waals surface area contributed by atoms with Crippen molar-refractivity contribution in [2.75, 3.05) is 0 Å². The summed E-state index contributed by atoms with van der Waals surface area (Å²) in [5, 5.41) is 33.2. The highest BCUT2D eigenvalue weighted by molar-refractivity contribution is 6.10. The van der Waals surface area contributed by atoms with Crippen LogP contribution in [0.1, 0.15) is 16.7 Å². The van der Waals surface area contributed by atoms with Gasteiger partial charge in [-0.05, 0) is 66.2 Å². The second-order valence-electron chi connectivity index (χ2n) is 9.14. The van der Waals surface area contributed by atoms with E-state index in [4.69, 9.17) is 4.42 Å². The molecular formula is C33H16N4O. The van der Waals surface area contributed by atoms with Crippen molar-refractivity contribution in [1.29, 1.82) is 15.8 Å². The average Bonchev–Trinajstić information content (AvgIpc) is 3.50. The van der Waals surface area contributed by atoms with Gasteiger partial charge in [-0.1, -0.05) is 36.4 Å². The van der Waals surface area contributed by atoms with Crippen LogP contribution in [0.3, 0.4) is 0 Å². The third kappa shape index (κ3) is 3.02. The highest BCUT2D eigenvalue weighted by atomic mass is 16.3. The monoisotopic (exact) mass is 484 g/mol. The van der Waals surface area contributed by atoms with Crippen LogP contribution in [0.25, 0.3) is 60.6 Å². The van der Waals surface area contributed by atoms with Gasteiger partial charge in [-0.25, -0.2) is 0 Å². The van der Waals surface area contributed by atoms with Crippen LogP contribution in [-0.2, 0) is 0 Å². The molecule has 0 radical (unpaired) electrons. The lowest BCUT2D eigenvalue weighted by atomic mass is 9.97. The predicted octanol–water partition coefficient (Wildman–Crippen LogP) is 7.97. The summed E-state index contributed by atoms with van der Waals surface area (Å²) < 4.78 is 8.04. The molecule has 0 spiro atoms. The fraction of sp³-hybridized carbons (Fsp3) is 0. The lowest BCUT2D eigenvalue weighted by molar-refractivity contribution is 0.669. The Kier molecular flexibility index (Phi) is 4.57. The summed E-state index contributed by atoms with van der Waals surface area (Å²) in [6, 6.07) is 37.7. The molecule has 7 aromatic rings. The predicted molar refractivity (Wildman–Crippen MR) is 148 cm³/mol. The van der Waals surface area contributed by atoms with Gasteiger partial charge in [-0.15, -0.1) is 0 Å². The molecule has 0 aliphatic rings. The molecule has 0 fully saturated rings. The number of aromatic nitrogens is 1. The van der Waals surface area contributed by atoms with Gasteiger partial charge in [0.15, 0.2) is 0 Å². The molecule has 0 saturated heterocycles. The van der Waals surface area contributed by atoms with Gasteiger partial charge in [0.2, 0.25) is 0 Å². The topological polar surface area (TPSA) is 89.4 Å². The molecule has 0 unspecified atom stereocenters. The van der Waals surface area contributed by atoms with Gasteiger partial charge in [0.25, 0.3) is 0 Å². The van der Waals surface area contributed by atoms with E-state index in [1.165, 1.54) is 0 Å². The minimum absolute atomic E-state index is 0.534. The Balaban J connectivity index is 1.53. The number of nitrogens with zero attached hydrogens (tertiary/aromatic N) is 4. The molecule has 5 nitrogen and oxygen atoms in total. The standard InChI is InChI=1S/C33H16N4O/c34-17-20-8-11-30-25(14-20)26-15-21(18-35)9-12-31(26)37(30)29-6-3-5-23(28(29)19-36)22-10-13-33-27(16-22)24-4-1-2-7-32(24)38-33/h1-16H. The smallest absolute Gasteiger partial charge is 0.135 e. The molecule has 38 heavy (non-hydrogen) atoms. The summed E-state index contributed by atoms with van der Waals surface area (Å²) in [6.45, 7) is 0. The highest BCUT2D eigenvalue weighted by Gasteiger charge is 2.19. The molecule has 174 valence electrons. The molecule has 0 bridgehead atoms. The van der Waals surface area contributed by atoms with Crippen LogP contribution in [0, 0.1) is 34.0 Å². The van der Waals surface area contributed by atoms with Gasteiger partial charge in [-0.2, -0.15) is 15.8 Å². The van der Waals surface area contributed by atoms with Crippen molar-refractivity contribution in [3.8, 4) is 35.0 Å². The fourth-order valence-electron chi connectivity index (χ4n) is 5.40. The first kappa shape index (κ1) is 21.5. The van der Waals surface area contributed by atoms with Crippen LogP contribution in [0.2, 0.25) is 0 Å². The van der Waals surface area contributed by atoms with Gasteiger partial charge < -0.3 is 8.98 Å². The highest BCUT2D eigenvalue weighted by Crippen LogP contribution is 2.38. The fourth-order valence-corrected chi connectivity index (χ4v) is 5.40. The Morgan fingerprint density at radius 3 is 1.92 bits per heavy atom. The molecule has 0 N–H and O–H groups in total. The van der Waals surface area contributed by atoms with Gasteiger partial charge in [0, 0.05) is 27.1 Å². The van der Waals surface area contributed by atoms with E-state index in [1.807, 2.05) is 83.4 Å². The summed E-state index contributed by atoms with van der Waals surface area (Å²) in [6.07, 6.45) is 0. The number of benzene rings is 5. The first-order valence-electron chi connectivity index (χ1n) is 12.0. The summed E-state index contributed by atoms with van der Waals surface area (Å²) in [5.41, 5.74) is 7.42. The van der Waals surface area contributed by atoms with E-state index in [1.54, 1.807) is 12.1 Å². The zero-order valence-electron chi connectivity index (χ0n) is 19.9. The molecule has 0 saturated carbocycles. The van der Waals surface area contributed by atoms with Crippen molar-refractivity contribution in [3.63, 3.8) is 0 Å². The summed E-state index contributed by atoms with van der Waals surface area (Å²) in [5.74, 6) is 0. The molecule has 0 aliphatic heterocycles. The Morgan fingerprint density at radius 1 is 0.553 bits per heavy atom. The second kappa shape index (κ2) is 8.10. The van der Waals surface area contributed by atoms with E-state index >= 15 is 0 Å². The van der Waals surface area contributed by atoms with E-state index in [0.29, 0.717) is 16.7 Å². The van der Waals surface area contributed by atoms with Gasteiger partial charge in [-0.3, -0.25) is 0 Å². The van der Waals surface area contributed by atoms with Crippen LogP contribution in [0.5, 0.6) is 0 Å². The van der Waals surface area contributed by atoms with E-state index in [-0.39, 0.29) is 0 Å². The third-order valence-corrected chi connectivity index (χ3v) is 7.11. The summed E-state index contributed by atoms with van der Waals surface area (Å²) >= 11 is 0. The van der Waals surface area contributed by atoms with Gasteiger partial charge in [0.05, 0.1) is 45.5 Å². The molecule has 7 rings (SSSR count). The Bertz CT molecular complexity index is 2160. The number of hydrogen-bond acceptors (Lipinski definition) is 4. The van der Waals surface area contributed by atoms with Crippen LogP contribution >= 0.6 is 0 Å². The van der Waals surface area contributed by atoms with Crippen molar-refractivity contribution < 1.29 is 4.42 Å². The van der Waals surface area contributed by atoms with Crippen LogP contribution < -0.4 is 0 Å². The Morgan fingerprint density at radius 2 is 1.24 bits per heavy atom. The normalized spacial score (nSPS) is 11.1. The van der Waals surface area contributed by atoms with Crippen molar-refractivity contribution in [2.24, 2.45) is 0 Å². The number of rotatable bonds is 2. The zero-order chi connectivity index (χ0) is 25.8. The lowest BCUT2D eigenvalue weighted by Crippen LogP contribution is -1.99. The molecule has 5 aromatic carbocycles. The number of fused-ring (bicyclic) bond motifs is 6. The third-order valence-electron chi connectivity index (χ3n) is 7.11.